The third-order valence-corrected chi connectivity index (χ3v) is 5.93. The number of carbonyl (C=O) groups excluding carboxylic acids is 2. The molecule has 0 aliphatic carbocycles. The van der Waals surface area contributed by atoms with E-state index in [2.05, 4.69) is 41.0 Å². The Balaban J connectivity index is 1.72. The lowest BCUT2D eigenvalue weighted by molar-refractivity contribution is -0.115. The summed E-state index contributed by atoms with van der Waals surface area (Å²) in [6.45, 7) is 4.67. The van der Waals surface area contributed by atoms with Crippen LogP contribution in [0, 0.1) is 0 Å². The van der Waals surface area contributed by atoms with Gasteiger partial charge in [-0.15, -0.1) is 0 Å². The van der Waals surface area contributed by atoms with Gasteiger partial charge in [-0.1, -0.05) is 48.5 Å². The van der Waals surface area contributed by atoms with Crippen LogP contribution in [0.5, 0.6) is 0 Å². The Morgan fingerprint density at radius 1 is 1.07 bits per heavy atom. The van der Waals surface area contributed by atoms with Crippen molar-refractivity contribution in [2.45, 2.75) is 44.2 Å². The molecule has 0 bridgehead atoms. The molecule has 0 radical (unpaired) electrons. The van der Waals surface area contributed by atoms with Gasteiger partial charge in [0, 0.05) is 37.8 Å². The first kappa shape index (κ1) is 20.3. The van der Waals surface area contributed by atoms with Crippen molar-refractivity contribution >= 4 is 18.3 Å². The van der Waals surface area contributed by atoms with Crippen molar-refractivity contribution in [2.24, 2.45) is 0 Å². The molecular formula is C24H30N2O2. The van der Waals surface area contributed by atoms with Crippen LogP contribution in [-0.4, -0.2) is 48.7 Å². The maximum Gasteiger partial charge on any atom is 0.145 e. The Labute approximate surface area is 168 Å². The number of aldehydes is 2. The van der Waals surface area contributed by atoms with Gasteiger partial charge in [-0.25, -0.2) is 0 Å². The molecule has 148 valence electrons. The van der Waals surface area contributed by atoms with Gasteiger partial charge >= 0.3 is 0 Å². The van der Waals surface area contributed by atoms with Crippen LogP contribution in [0.15, 0.2) is 60.7 Å². The predicted molar refractivity (Wildman–Crippen MR) is 114 cm³/mol. The number of likely N-dealkylation sites (tertiary alicyclic amines) is 1. The number of anilines is 1. The Bertz CT molecular complexity index is 750. The monoisotopic (exact) mass is 378 g/mol. The molecule has 0 spiro atoms. The minimum atomic E-state index is -0.549. The zero-order valence-electron chi connectivity index (χ0n) is 16.7. The molecule has 1 saturated heterocycles. The van der Waals surface area contributed by atoms with Crippen LogP contribution in [0.3, 0.4) is 0 Å². The lowest BCUT2D eigenvalue weighted by Crippen LogP contribution is -2.60. The molecule has 0 amide bonds. The summed E-state index contributed by atoms with van der Waals surface area (Å²) in [5.74, 6) is 0. The van der Waals surface area contributed by atoms with E-state index in [4.69, 9.17) is 0 Å². The Morgan fingerprint density at radius 3 is 2.36 bits per heavy atom. The number of rotatable bonds is 9. The smallest absolute Gasteiger partial charge is 0.145 e. The molecule has 0 saturated carbocycles. The summed E-state index contributed by atoms with van der Waals surface area (Å²) < 4.78 is 0. The molecule has 2 atom stereocenters. The molecule has 2 aromatic carbocycles. The minimum Gasteiger partial charge on any atom is -0.359 e. The Kier molecular flexibility index (Phi) is 6.99. The molecule has 0 N–H and O–H groups in total. The van der Waals surface area contributed by atoms with Gasteiger partial charge in [-0.3, -0.25) is 0 Å². The van der Waals surface area contributed by atoms with Crippen molar-refractivity contribution < 1.29 is 9.59 Å². The van der Waals surface area contributed by atoms with Gasteiger partial charge in [0.15, 0.2) is 0 Å². The van der Waals surface area contributed by atoms with Crippen molar-refractivity contribution in [1.29, 1.82) is 0 Å². The number of para-hydroxylation sites is 1. The number of hydrogen-bond donors (Lipinski definition) is 0. The standard InChI is InChI=1S/C24H30N2O2/c1-21-19-24(20-28,26(15-8-18-27)23-11-6-3-7-12-23)14-17-25(21)16-13-22-9-4-2-5-10-22/h2-7,9-12,18,20-21H,8,13-17,19H2,1H3. The second-order valence-electron chi connectivity index (χ2n) is 7.74. The van der Waals surface area contributed by atoms with Crippen molar-refractivity contribution in [3.05, 3.63) is 66.2 Å². The highest BCUT2D eigenvalue weighted by Gasteiger charge is 2.42. The summed E-state index contributed by atoms with van der Waals surface area (Å²) in [5.41, 5.74) is 1.81. The van der Waals surface area contributed by atoms with Gasteiger partial charge in [0.1, 0.15) is 12.6 Å². The molecule has 28 heavy (non-hydrogen) atoms. The van der Waals surface area contributed by atoms with E-state index in [1.807, 2.05) is 36.4 Å². The number of piperidine rings is 1. The number of hydrogen-bond acceptors (Lipinski definition) is 4. The average molecular weight is 379 g/mol. The fraction of sp³-hybridized carbons (Fsp3) is 0.417. The summed E-state index contributed by atoms with van der Waals surface area (Å²) in [6, 6.07) is 20.9. The van der Waals surface area contributed by atoms with Crippen LogP contribution in [0.1, 0.15) is 31.7 Å². The van der Waals surface area contributed by atoms with E-state index in [1.54, 1.807) is 0 Å². The molecule has 1 fully saturated rings. The van der Waals surface area contributed by atoms with Gasteiger partial charge in [0.2, 0.25) is 0 Å². The van der Waals surface area contributed by atoms with E-state index in [1.165, 1.54) is 5.56 Å². The lowest BCUT2D eigenvalue weighted by Gasteiger charge is -2.49. The molecule has 1 aliphatic rings. The van der Waals surface area contributed by atoms with E-state index in [9.17, 15) is 9.59 Å². The third kappa shape index (κ3) is 4.68. The van der Waals surface area contributed by atoms with Crippen LogP contribution in [0.4, 0.5) is 5.69 Å². The predicted octanol–water partition coefficient (Wildman–Crippen LogP) is 3.75. The summed E-state index contributed by atoms with van der Waals surface area (Å²) in [4.78, 5) is 28.0. The molecule has 4 nitrogen and oxygen atoms in total. The van der Waals surface area contributed by atoms with Crippen LogP contribution >= 0.6 is 0 Å². The topological polar surface area (TPSA) is 40.6 Å². The fourth-order valence-electron chi connectivity index (χ4n) is 4.36. The highest BCUT2D eigenvalue weighted by Crippen LogP contribution is 2.34. The van der Waals surface area contributed by atoms with Gasteiger partial charge in [0.25, 0.3) is 0 Å². The first-order valence-electron chi connectivity index (χ1n) is 10.2. The maximum atomic E-state index is 12.3. The van der Waals surface area contributed by atoms with E-state index in [0.29, 0.717) is 19.0 Å². The lowest BCUT2D eigenvalue weighted by atomic mass is 9.82. The van der Waals surface area contributed by atoms with Gasteiger partial charge in [0.05, 0.1) is 5.54 Å². The SMILES string of the molecule is CC1CC(C=O)(N(CCC=O)c2ccccc2)CCN1CCc1ccccc1. The molecule has 0 aromatic heterocycles. The van der Waals surface area contributed by atoms with Crippen LogP contribution in [0.25, 0.3) is 0 Å². The summed E-state index contributed by atoms with van der Waals surface area (Å²) in [6.07, 6.45) is 5.06. The van der Waals surface area contributed by atoms with Crippen LogP contribution in [0.2, 0.25) is 0 Å². The summed E-state index contributed by atoms with van der Waals surface area (Å²) in [7, 11) is 0. The number of carbonyl (C=O) groups is 2. The highest BCUT2D eigenvalue weighted by atomic mass is 16.1. The number of benzene rings is 2. The third-order valence-electron chi connectivity index (χ3n) is 5.93. The van der Waals surface area contributed by atoms with E-state index in [0.717, 1.165) is 50.6 Å². The fourth-order valence-corrected chi connectivity index (χ4v) is 4.36. The molecule has 2 aromatic rings. The van der Waals surface area contributed by atoms with Crippen LogP contribution in [-0.2, 0) is 16.0 Å². The Morgan fingerprint density at radius 2 is 1.75 bits per heavy atom. The van der Waals surface area contributed by atoms with Crippen molar-refractivity contribution in [3.63, 3.8) is 0 Å². The second kappa shape index (κ2) is 9.65. The Hall–Kier alpha value is -2.46. The quantitative estimate of drug-likeness (QED) is 0.623. The van der Waals surface area contributed by atoms with Crippen molar-refractivity contribution in [1.82, 2.24) is 4.90 Å². The van der Waals surface area contributed by atoms with Crippen molar-refractivity contribution in [2.75, 3.05) is 24.5 Å². The normalized spacial score (nSPS) is 22.5. The van der Waals surface area contributed by atoms with Gasteiger partial charge in [-0.2, -0.15) is 0 Å². The average Bonchev–Trinajstić information content (AvgIpc) is 2.75. The molecule has 1 aliphatic heterocycles. The maximum absolute atomic E-state index is 12.3. The molecule has 1 heterocycles. The van der Waals surface area contributed by atoms with Crippen molar-refractivity contribution in [3.8, 4) is 0 Å². The van der Waals surface area contributed by atoms with Crippen LogP contribution < -0.4 is 4.90 Å². The van der Waals surface area contributed by atoms with E-state index in [-0.39, 0.29) is 0 Å². The first-order chi connectivity index (χ1) is 13.7. The van der Waals surface area contributed by atoms with E-state index < -0.39 is 5.54 Å². The minimum absolute atomic E-state index is 0.310. The first-order valence-corrected chi connectivity index (χ1v) is 10.2. The molecule has 4 heteroatoms. The van der Waals surface area contributed by atoms with E-state index >= 15 is 0 Å². The zero-order valence-corrected chi connectivity index (χ0v) is 16.7. The molecular weight excluding hydrogens is 348 g/mol. The van der Waals surface area contributed by atoms with Gasteiger partial charge in [-0.05, 0) is 43.9 Å². The second-order valence-corrected chi connectivity index (χ2v) is 7.74. The van der Waals surface area contributed by atoms with Gasteiger partial charge < -0.3 is 19.4 Å². The number of nitrogens with zero attached hydrogens (tertiary/aromatic N) is 2. The molecule has 2 unspecified atom stereocenters. The summed E-state index contributed by atoms with van der Waals surface area (Å²) in [5, 5.41) is 0. The largest absolute Gasteiger partial charge is 0.359 e. The highest BCUT2D eigenvalue weighted by molar-refractivity contribution is 5.73. The summed E-state index contributed by atoms with van der Waals surface area (Å²) >= 11 is 0. The molecule has 3 rings (SSSR count). The zero-order chi connectivity index (χ0) is 19.8.